The van der Waals surface area contributed by atoms with Crippen LogP contribution < -0.4 is 10.9 Å². The van der Waals surface area contributed by atoms with Crippen molar-refractivity contribution < 1.29 is 0 Å². The SMILES string of the molecule is Cn1ccc2ccn(CC3CCCNC3)c2c1=O. The van der Waals surface area contributed by atoms with Gasteiger partial charge in [-0.15, -0.1) is 0 Å². The summed E-state index contributed by atoms with van der Waals surface area (Å²) in [6.07, 6.45) is 6.36. The van der Waals surface area contributed by atoms with Crippen molar-refractivity contribution in [2.75, 3.05) is 13.1 Å². The van der Waals surface area contributed by atoms with Gasteiger partial charge in [0.15, 0.2) is 0 Å². The normalized spacial score (nSPS) is 20.4. The summed E-state index contributed by atoms with van der Waals surface area (Å²) in [6.45, 7) is 3.13. The van der Waals surface area contributed by atoms with Crippen LogP contribution in [0, 0.1) is 5.92 Å². The van der Waals surface area contributed by atoms with E-state index >= 15 is 0 Å². The number of nitrogens with one attached hydrogen (secondary N) is 1. The zero-order valence-corrected chi connectivity index (χ0v) is 10.7. The second-order valence-electron chi connectivity index (χ2n) is 5.22. The Morgan fingerprint density at radius 1 is 1.39 bits per heavy atom. The molecule has 0 amide bonds. The fourth-order valence-corrected chi connectivity index (χ4v) is 2.81. The monoisotopic (exact) mass is 245 g/mol. The molecule has 0 spiro atoms. The number of pyridine rings is 1. The van der Waals surface area contributed by atoms with Gasteiger partial charge in [-0.1, -0.05) is 0 Å². The van der Waals surface area contributed by atoms with Crippen molar-refractivity contribution in [1.29, 1.82) is 0 Å². The predicted molar refractivity (Wildman–Crippen MR) is 72.8 cm³/mol. The molecule has 3 rings (SSSR count). The van der Waals surface area contributed by atoms with E-state index in [-0.39, 0.29) is 5.56 Å². The lowest BCUT2D eigenvalue weighted by atomic mass is 10.00. The summed E-state index contributed by atoms with van der Waals surface area (Å²) in [7, 11) is 1.81. The minimum atomic E-state index is 0.0984. The van der Waals surface area contributed by atoms with Gasteiger partial charge >= 0.3 is 0 Å². The van der Waals surface area contributed by atoms with E-state index in [1.54, 1.807) is 11.6 Å². The molecule has 96 valence electrons. The van der Waals surface area contributed by atoms with Crippen LogP contribution >= 0.6 is 0 Å². The van der Waals surface area contributed by atoms with Crippen molar-refractivity contribution in [3.05, 3.63) is 34.9 Å². The van der Waals surface area contributed by atoms with Crippen LogP contribution in [0.1, 0.15) is 12.8 Å². The molecular formula is C14H19N3O. The molecule has 4 heteroatoms. The van der Waals surface area contributed by atoms with E-state index in [2.05, 4.69) is 9.88 Å². The highest BCUT2D eigenvalue weighted by Crippen LogP contribution is 2.17. The maximum absolute atomic E-state index is 12.2. The smallest absolute Gasteiger partial charge is 0.274 e. The van der Waals surface area contributed by atoms with Crippen molar-refractivity contribution in [2.24, 2.45) is 13.0 Å². The van der Waals surface area contributed by atoms with Crippen molar-refractivity contribution >= 4 is 10.9 Å². The Hall–Kier alpha value is -1.55. The molecule has 0 aromatic carbocycles. The van der Waals surface area contributed by atoms with Gasteiger partial charge < -0.3 is 14.5 Å². The summed E-state index contributed by atoms with van der Waals surface area (Å²) in [5.41, 5.74) is 0.937. The predicted octanol–water partition coefficient (Wildman–Crippen LogP) is 1.34. The third-order valence-electron chi connectivity index (χ3n) is 3.85. The quantitative estimate of drug-likeness (QED) is 0.867. The number of fused-ring (bicyclic) bond motifs is 1. The second kappa shape index (κ2) is 4.61. The average Bonchev–Trinajstić information content (AvgIpc) is 2.79. The first-order valence-corrected chi connectivity index (χ1v) is 6.61. The molecule has 1 N–H and O–H groups in total. The fraction of sp³-hybridized carbons (Fsp3) is 0.500. The summed E-state index contributed by atoms with van der Waals surface area (Å²) in [4.78, 5) is 12.2. The molecule has 1 atom stereocenters. The highest BCUT2D eigenvalue weighted by molar-refractivity contribution is 5.78. The first kappa shape index (κ1) is 11.5. The molecule has 1 unspecified atom stereocenters. The lowest BCUT2D eigenvalue weighted by Crippen LogP contribution is -2.32. The highest BCUT2D eigenvalue weighted by Gasteiger charge is 2.15. The van der Waals surface area contributed by atoms with Crippen LogP contribution in [-0.4, -0.2) is 22.2 Å². The number of hydrogen-bond acceptors (Lipinski definition) is 2. The van der Waals surface area contributed by atoms with Crippen LogP contribution in [0.5, 0.6) is 0 Å². The summed E-state index contributed by atoms with van der Waals surface area (Å²) < 4.78 is 3.77. The van der Waals surface area contributed by atoms with Gasteiger partial charge in [0.1, 0.15) is 5.52 Å². The molecule has 0 radical (unpaired) electrons. The molecule has 1 saturated heterocycles. The maximum atomic E-state index is 12.2. The van der Waals surface area contributed by atoms with Gasteiger partial charge in [0.25, 0.3) is 5.56 Å². The Labute approximate surface area is 106 Å². The molecular weight excluding hydrogens is 226 g/mol. The zero-order valence-electron chi connectivity index (χ0n) is 10.7. The van der Waals surface area contributed by atoms with Gasteiger partial charge in [0.2, 0.25) is 0 Å². The maximum Gasteiger partial charge on any atom is 0.274 e. The third-order valence-corrected chi connectivity index (χ3v) is 3.85. The number of aromatic nitrogens is 2. The van der Waals surface area contributed by atoms with E-state index in [9.17, 15) is 4.79 Å². The zero-order chi connectivity index (χ0) is 12.5. The summed E-state index contributed by atoms with van der Waals surface area (Å²) in [5, 5.41) is 4.47. The van der Waals surface area contributed by atoms with E-state index in [0.717, 1.165) is 30.5 Å². The van der Waals surface area contributed by atoms with Crippen molar-refractivity contribution in [3.8, 4) is 0 Å². The van der Waals surface area contributed by atoms with Gasteiger partial charge in [-0.25, -0.2) is 0 Å². The Morgan fingerprint density at radius 2 is 2.22 bits per heavy atom. The van der Waals surface area contributed by atoms with Crippen LogP contribution in [0.25, 0.3) is 10.9 Å². The van der Waals surface area contributed by atoms with E-state index in [4.69, 9.17) is 0 Å². The standard InChI is InChI=1S/C14H19N3O/c1-16-7-4-12-5-8-17(13(12)14(16)18)10-11-3-2-6-15-9-11/h4-5,7-8,11,15H,2-3,6,9-10H2,1H3. The Balaban J connectivity index is 1.96. The number of rotatable bonds is 2. The minimum absolute atomic E-state index is 0.0984. The van der Waals surface area contributed by atoms with Gasteiger partial charge in [-0.05, 0) is 44.0 Å². The summed E-state index contributed by atoms with van der Waals surface area (Å²) in [5.74, 6) is 0.638. The van der Waals surface area contributed by atoms with Crippen molar-refractivity contribution in [3.63, 3.8) is 0 Å². The minimum Gasteiger partial charge on any atom is -0.343 e. The first-order valence-electron chi connectivity index (χ1n) is 6.61. The summed E-state index contributed by atoms with van der Waals surface area (Å²) >= 11 is 0. The molecule has 0 saturated carbocycles. The topological polar surface area (TPSA) is 39.0 Å². The van der Waals surface area contributed by atoms with E-state index < -0.39 is 0 Å². The molecule has 0 bridgehead atoms. The van der Waals surface area contributed by atoms with Crippen LogP contribution in [0.4, 0.5) is 0 Å². The Morgan fingerprint density at radius 3 is 3.00 bits per heavy atom. The molecule has 18 heavy (non-hydrogen) atoms. The molecule has 3 heterocycles. The van der Waals surface area contributed by atoms with Crippen molar-refractivity contribution in [1.82, 2.24) is 14.5 Å². The van der Waals surface area contributed by atoms with E-state index in [1.165, 1.54) is 12.8 Å². The van der Waals surface area contributed by atoms with Gasteiger partial charge in [-0.2, -0.15) is 0 Å². The molecule has 0 aliphatic carbocycles. The summed E-state index contributed by atoms with van der Waals surface area (Å²) in [6, 6.07) is 4.04. The molecule has 1 aliphatic heterocycles. The average molecular weight is 245 g/mol. The molecule has 1 fully saturated rings. The molecule has 4 nitrogen and oxygen atoms in total. The van der Waals surface area contributed by atoms with E-state index in [0.29, 0.717) is 5.92 Å². The molecule has 2 aromatic rings. The lowest BCUT2D eigenvalue weighted by Gasteiger charge is -2.23. The van der Waals surface area contributed by atoms with Crippen LogP contribution in [0.2, 0.25) is 0 Å². The number of hydrogen-bond donors (Lipinski definition) is 1. The van der Waals surface area contributed by atoms with E-state index in [1.807, 2.05) is 24.5 Å². The van der Waals surface area contributed by atoms with Gasteiger partial charge in [0, 0.05) is 31.4 Å². The van der Waals surface area contributed by atoms with Gasteiger partial charge in [0.05, 0.1) is 0 Å². The second-order valence-corrected chi connectivity index (χ2v) is 5.22. The lowest BCUT2D eigenvalue weighted by molar-refractivity contribution is 0.340. The number of aryl methyl sites for hydroxylation is 1. The first-order chi connectivity index (χ1) is 8.75. The largest absolute Gasteiger partial charge is 0.343 e. The number of nitrogens with zero attached hydrogens (tertiary/aromatic N) is 2. The van der Waals surface area contributed by atoms with Crippen LogP contribution in [0.15, 0.2) is 29.3 Å². The Bertz CT molecular complexity index is 605. The van der Waals surface area contributed by atoms with Gasteiger partial charge in [-0.3, -0.25) is 4.79 Å². The number of piperidine rings is 1. The van der Waals surface area contributed by atoms with Crippen molar-refractivity contribution in [2.45, 2.75) is 19.4 Å². The van der Waals surface area contributed by atoms with Crippen LogP contribution in [-0.2, 0) is 13.6 Å². The Kier molecular flexibility index (Phi) is 2.96. The fourth-order valence-electron chi connectivity index (χ4n) is 2.81. The highest BCUT2D eigenvalue weighted by atomic mass is 16.1. The third kappa shape index (κ3) is 1.97. The molecule has 2 aromatic heterocycles. The molecule has 1 aliphatic rings. The van der Waals surface area contributed by atoms with Crippen LogP contribution in [0.3, 0.4) is 0 Å².